The van der Waals surface area contributed by atoms with Crippen molar-refractivity contribution in [3.63, 3.8) is 0 Å². The second kappa shape index (κ2) is 6.52. The lowest BCUT2D eigenvalue weighted by molar-refractivity contribution is 0.614. The van der Waals surface area contributed by atoms with E-state index >= 15 is 0 Å². The highest BCUT2D eigenvalue weighted by Crippen LogP contribution is 2.26. The van der Waals surface area contributed by atoms with Crippen molar-refractivity contribution in [2.24, 2.45) is 0 Å². The molecular weight excluding hydrogens is 339 g/mol. The molecule has 0 unspecified atom stereocenters. The molecule has 4 nitrogen and oxygen atoms in total. The van der Waals surface area contributed by atoms with Crippen LogP contribution in [0.15, 0.2) is 54.6 Å². The molecule has 0 aliphatic carbocycles. The fourth-order valence-corrected chi connectivity index (χ4v) is 2.95. The molecule has 0 radical (unpaired) electrons. The van der Waals surface area contributed by atoms with Crippen molar-refractivity contribution in [2.75, 3.05) is 0 Å². The first-order valence-electron chi connectivity index (χ1n) is 6.75. The third-order valence-electron chi connectivity index (χ3n) is 3.31. The summed E-state index contributed by atoms with van der Waals surface area (Å²) in [6.07, 6.45) is 0. The summed E-state index contributed by atoms with van der Waals surface area (Å²) in [5.41, 5.74) is 2.96. The van der Waals surface area contributed by atoms with E-state index in [0.29, 0.717) is 16.4 Å². The van der Waals surface area contributed by atoms with Crippen LogP contribution in [0.5, 0.6) is 0 Å². The first-order chi connectivity index (χ1) is 11.0. The Morgan fingerprint density at radius 3 is 2.30 bits per heavy atom. The molecule has 2 aromatic carbocycles. The van der Waals surface area contributed by atoms with Gasteiger partial charge in [-0.15, -0.1) is 0 Å². The fourth-order valence-electron chi connectivity index (χ4n) is 2.27. The molecule has 0 bridgehead atoms. The van der Waals surface area contributed by atoms with Crippen LogP contribution in [0.4, 0.5) is 4.39 Å². The van der Waals surface area contributed by atoms with Crippen molar-refractivity contribution in [2.45, 2.75) is 5.75 Å². The largest absolute Gasteiger partial charge is 0.232 e. The van der Waals surface area contributed by atoms with E-state index in [4.69, 9.17) is 11.6 Å². The number of rotatable bonds is 4. The molecule has 1 aromatic heterocycles. The lowest BCUT2D eigenvalue weighted by Crippen LogP contribution is -1.99. The van der Waals surface area contributed by atoms with Gasteiger partial charge >= 0.3 is 0 Å². The number of hydrogen-bond acceptors (Lipinski definition) is 3. The van der Waals surface area contributed by atoms with Gasteiger partial charge in [0.1, 0.15) is 16.5 Å². The van der Waals surface area contributed by atoms with Crippen molar-refractivity contribution >= 4 is 22.3 Å². The summed E-state index contributed by atoms with van der Waals surface area (Å²) in [6.45, 7) is 0. The number of thiol groups is 1. The average molecular weight is 351 g/mol. The lowest BCUT2D eigenvalue weighted by Gasteiger charge is -2.08. The van der Waals surface area contributed by atoms with E-state index in [1.54, 1.807) is 35.0 Å². The van der Waals surface area contributed by atoms with Crippen LogP contribution in [-0.2, 0) is 16.5 Å². The molecule has 0 aliphatic rings. The minimum absolute atomic E-state index is 0.00753. The van der Waals surface area contributed by atoms with Gasteiger partial charge in [0.2, 0.25) is 0 Å². The summed E-state index contributed by atoms with van der Waals surface area (Å²) in [4.78, 5) is 0. The zero-order valence-corrected chi connectivity index (χ0v) is 13.5. The van der Waals surface area contributed by atoms with E-state index in [1.165, 1.54) is 12.1 Å². The van der Waals surface area contributed by atoms with E-state index in [1.807, 2.05) is 12.1 Å². The highest BCUT2D eigenvalue weighted by molar-refractivity contribution is 7.71. The summed E-state index contributed by atoms with van der Waals surface area (Å²) < 4.78 is 36.2. The molecule has 0 spiro atoms. The zero-order chi connectivity index (χ0) is 16.4. The Balaban J connectivity index is 2.01. The summed E-state index contributed by atoms with van der Waals surface area (Å²) in [6, 6.07) is 14.7. The predicted molar refractivity (Wildman–Crippen MR) is 88.0 cm³/mol. The van der Waals surface area contributed by atoms with Gasteiger partial charge in [-0.3, -0.25) is 0 Å². The van der Waals surface area contributed by atoms with E-state index in [9.17, 15) is 12.8 Å². The molecule has 3 rings (SSSR count). The molecule has 118 valence electrons. The molecule has 3 aromatic rings. The van der Waals surface area contributed by atoms with Gasteiger partial charge < -0.3 is 0 Å². The van der Waals surface area contributed by atoms with Crippen LogP contribution in [-0.4, -0.2) is 18.2 Å². The molecule has 0 atom stereocenters. The monoisotopic (exact) mass is 350 g/mol. The highest BCUT2D eigenvalue weighted by atomic mass is 35.5. The maximum Gasteiger partial charge on any atom is 0.152 e. The van der Waals surface area contributed by atoms with Gasteiger partial charge in [0.25, 0.3) is 0 Å². The molecule has 0 fully saturated rings. The van der Waals surface area contributed by atoms with Crippen LogP contribution < -0.4 is 0 Å². The molecule has 0 amide bonds. The zero-order valence-electron chi connectivity index (χ0n) is 11.8. The van der Waals surface area contributed by atoms with Crippen molar-refractivity contribution in [3.05, 3.63) is 71.1 Å². The van der Waals surface area contributed by atoms with Crippen molar-refractivity contribution in [1.29, 1.82) is 0 Å². The second-order valence-electron chi connectivity index (χ2n) is 4.93. The second-order valence-corrected chi connectivity index (χ2v) is 6.30. The normalized spacial score (nSPS) is 11.1. The van der Waals surface area contributed by atoms with E-state index < -0.39 is 10.7 Å². The smallest absolute Gasteiger partial charge is 0.152 e. The Morgan fingerprint density at radius 1 is 1.04 bits per heavy atom. The number of benzene rings is 2. The average Bonchev–Trinajstić information content (AvgIpc) is 2.90. The Morgan fingerprint density at radius 2 is 1.70 bits per heavy atom. The van der Waals surface area contributed by atoms with Crippen LogP contribution in [0.1, 0.15) is 5.56 Å². The summed E-state index contributed by atoms with van der Waals surface area (Å²) in [5, 5.41) is 4.54. The molecule has 0 saturated heterocycles. The topological polar surface area (TPSA) is 52.0 Å². The van der Waals surface area contributed by atoms with Gasteiger partial charge in [-0.2, -0.15) is 5.10 Å². The number of nitrogens with zero attached hydrogens (tertiary/aromatic N) is 2. The van der Waals surface area contributed by atoms with Crippen LogP contribution in [0.3, 0.4) is 0 Å². The maximum atomic E-state index is 13.1. The third kappa shape index (κ3) is 3.60. The SMILES string of the molecule is O=[SH](=O)Cc1ccc(-c2cc(Cl)nn2-c2ccc(F)cc2)cc1. The van der Waals surface area contributed by atoms with E-state index in [-0.39, 0.29) is 11.6 Å². The Hall–Kier alpha value is -2.18. The minimum Gasteiger partial charge on any atom is -0.232 e. The molecular formula is C16H12ClFN2O2S. The van der Waals surface area contributed by atoms with Crippen LogP contribution in [0.2, 0.25) is 5.15 Å². The number of hydrogen-bond donors (Lipinski definition) is 1. The van der Waals surface area contributed by atoms with Gasteiger partial charge in [0.15, 0.2) is 5.15 Å². The van der Waals surface area contributed by atoms with Gasteiger partial charge in [0, 0.05) is 11.6 Å². The first-order valence-corrected chi connectivity index (χ1v) is 8.49. The van der Waals surface area contributed by atoms with Gasteiger partial charge in [0.05, 0.1) is 17.1 Å². The molecule has 7 heteroatoms. The highest BCUT2D eigenvalue weighted by Gasteiger charge is 2.11. The fraction of sp³-hybridized carbons (Fsp3) is 0.0625. The Kier molecular flexibility index (Phi) is 4.45. The molecule has 1 heterocycles. The van der Waals surface area contributed by atoms with E-state index in [2.05, 4.69) is 5.10 Å². The van der Waals surface area contributed by atoms with Crippen LogP contribution in [0.25, 0.3) is 16.9 Å². The number of halogens is 2. The Bertz CT molecular complexity index is 895. The number of aromatic nitrogens is 2. The lowest BCUT2D eigenvalue weighted by atomic mass is 10.1. The van der Waals surface area contributed by atoms with Crippen molar-refractivity contribution < 1.29 is 12.8 Å². The third-order valence-corrected chi connectivity index (χ3v) is 4.12. The van der Waals surface area contributed by atoms with Gasteiger partial charge in [-0.1, -0.05) is 35.9 Å². The van der Waals surface area contributed by atoms with Gasteiger partial charge in [-0.25, -0.2) is 17.5 Å². The summed E-state index contributed by atoms with van der Waals surface area (Å²) in [7, 11) is -2.46. The molecule has 23 heavy (non-hydrogen) atoms. The minimum atomic E-state index is -2.46. The predicted octanol–water partition coefficient (Wildman–Crippen LogP) is 3.44. The standard InChI is InChI=1S/C16H12ClFN2O2S/c17-16-9-15(12-3-1-11(2-4-12)10-23(21)22)20(19-16)14-7-5-13(18)6-8-14/h1-9,23H,10H2. The summed E-state index contributed by atoms with van der Waals surface area (Å²) in [5.74, 6) is -0.322. The van der Waals surface area contributed by atoms with Crippen LogP contribution in [0, 0.1) is 5.82 Å². The quantitative estimate of drug-likeness (QED) is 0.733. The van der Waals surface area contributed by atoms with E-state index in [0.717, 1.165) is 11.3 Å². The Labute approximate surface area is 139 Å². The van der Waals surface area contributed by atoms with Crippen molar-refractivity contribution in [1.82, 2.24) is 9.78 Å². The molecule has 0 saturated carbocycles. The first kappa shape index (κ1) is 15.7. The molecule has 0 N–H and O–H groups in total. The summed E-state index contributed by atoms with van der Waals surface area (Å²) >= 11 is 6.01. The molecule has 0 aliphatic heterocycles. The van der Waals surface area contributed by atoms with Gasteiger partial charge in [-0.05, 0) is 29.8 Å². The van der Waals surface area contributed by atoms with Crippen molar-refractivity contribution in [3.8, 4) is 16.9 Å². The maximum absolute atomic E-state index is 13.1. The van der Waals surface area contributed by atoms with Crippen LogP contribution >= 0.6 is 11.6 Å².